The van der Waals surface area contributed by atoms with Crippen molar-refractivity contribution in [3.8, 4) is 17.2 Å². The lowest BCUT2D eigenvalue weighted by Gasteiger charge is -2.22. The highest BCUT2D eigenvalue weighted by atomic mass is 32.2. The van der Waals surface area contributed by atoms with E-state index in [9.17, 15) is 9.59 Å². The number of methoxy groups -OCH3 is 1. The molecule has 3 rings (SSSR count). The van der Waals surface area contributed by atoms with E-state index in [-0.39, 0.29) is 11.8 Å². The Morgan fingerprint density at radius 1 is 1.03 bits per heavy atom. The minimum Gasteiger partial charge on any atom is -0.497 e. The summed E-state index contributed by atoms with van der Waals surface area (Å²) in [6, 6.07) is 11.4. The van der Waals surface area contributed by atoms with Gasteiger partial charge in [0, 0.05) is 19.4 Å². The molecular formula is C23H27N3O5S. The highest BCUT2D eigenvalue weighted by Crippen LogP contribution is 2.43. The molecule has 0 bridgehead atoms. The molecule has 170 valence electrons. The van der Waals surface area contributed by atoms with Crippen molar-refractivity contribution in [1.82, 2.24) is 10.3 Å². The van der Waals surface area contributed by atoms with Crippen molar-refractivity contribution in [3.05, 3.63) is 53.1 Å². The predicted octanol–water partition coefficient (Wildman–Crippen LogP) is 3.77. The highest BCUT2D eigenvalue weighted by molar-refractivity contribution is 8.14. The first kappa shape index (κ1) is 23.5. The van der Waals surface area contributed by atoms with Crippen molar-refractivity contribution in [1.29, 1.82) is 0 Å². The van der Waals surface area contributed by atoms with E-state index in [1.807, 2.05) is 26.0 Å². The maximum Gasteiger partial charge on any atom is 0.241 e. The molecule has 1 heterocycles. The van der Waals surface area contributed by atoms with Crippen molar-refractivity contribution < 1.29 is 23.8 Å². The summed E-state index contributed by atoms with van der Waals surface area (Å²) in [5.41, 5.74) is 2.98. The number of thioether (sulfide) groups is 1. The number of carbonyl (C=O) groups excluding carboxylic acids is 2. The van der Waals surface area contributed by atoms with Gasteiger partial charge in [0.1, 0.15) is 35.8 Å². The Labute approximate surface area is 191 Å². The first-order chi connectivity index (χ1) is 15.3. The maximum atomic E-state index is 12.2. The topological polar surface area (TPSA) is 89.5 Å². The van der Waals surface area contributed by atoms with Crippen LogP contribution in [-0.4, -0.2) is 42.3 Å². The molecule has 0 aromatic heterocycles. The van der Waals surface area contributed by atoms with Crippen LogP contribution in [0.5, 0.6) is 17.2 Å². The second-order valence-corrected chi connectivity index (χ2v) is 8.41. The number of rotatable bonds is 7. The normalized spacial score (nSPS) is 15.2. The van der Waals surface area contributed by atoms with Gasteiger partial charge < -0.3 is 19.5 Å². The standard InChI is InChI=1S/C23H27N3O5S/c1-14-10-15(2)12-19(11-14)30-8-9-31-21-7-6-18(29-5)13-20(21)22-26(17(4)28)25-23(32-22)24-16(3)27/h6-7,10-13,22H,8-9H2,1-5H3,(H,24,25,27)/t22-/m0/s1. The van der Waals surface area contributed by atoms with Gasteiger partial charge in [0.2, 0.25) is 11.8 Å². The van der Waals surface area contributed by atoms with Crippen LogP contribution in [0.25, 0.3) is 0 Å². The van der Waals surface area contributed by atoms with Gasteiger partial charge in [0.05, 0.1) is 7.11 Å². The summed E-state index contributed by atoms with van der Waals surface area (Å²) in [5, 5.41) is 8.06. The molecule has 32 heavy (non-hydrogen) atoms. The number of aryl methyl sites for hydroxylation is 2. The first-order valence-corrected chi connectivity index (χ1v) is 11.0. The van der Waals surface area contributed by atoms with Gasteiger partial charge in [-0.05, 0) is 55.3 Å². The number of benzene rings is 2. The molecule has 0 aliphatic carbocycles. The lowest BCUT2D eigenvalue weighted by atomic mass is 10.1. The highest BCUT2D eigenvalue weighted by Gasteiger charge is 2.34. The van der Waals surface area contributed by atoms with E-state index in [0.717, 1.165) is 16.9 Å². The van der Waals surface area contributed by atoms with Gasteiger partial charge in [-0.2, -0.15) is 0 Å². The molecular weight excluding hydrogens is 430 g/mol. The van der Waals surface area contributed by atoms with Gasteiger partial charge in [-0.25, -0.2) is 5.01 Å². The molecule has 0 saturated heterocycles. The summed E-state index contributed by atoms with van der Waals surface area (Å²) in [6.45, 7) is 7.53. The van der Waals surface area contributed by atoms with Crippen LogP contribution < -0.4 is 19.5 Å². The Morgan fingerprint density at radius 3 is 2.34 bits per heavy atom. The SMILES string of the molecule is COc1ccc(OCCOc2cc(C)cc(C)c2)c([C@@H]2SC(NC(C)=O)=NN2C(C)=O)c1. The minimum atomic E-state index is -0.500. The van der Waals surface area contributed by atoms with E-state index < -0.39 is 5.37 Å². The Kier molecular flexibility index (Phi) is 7.63. The zero-order chi connectivity index (χ0) is 23.3. The van der Waals surface area contributed by atoms with Gasteiger partial charge >= 0.3 is 0 Å². The summed E-state index contributed by atoms with van der Waals surface area (Å²) >= 11 is 1.26. The maximum absolute atomic E-state index is 12.2. The van der Waals surface area contributed by atoms with Crippen LogP contribution in [0.1, 0.15) is 35.9 Å². The summed E-state index contributed by atoms with van der Waals surface area (Å²) < 4.78 is 17.2. The lowest BCUT2D eigenvalue weighted by Crippen LogP contribution is -2.25. The zero-order valence-electron chi connectivity index (χ0n) is 18.8. The number of nitrogens with one attached hydrogen (secondary N) is 1. The fraction of sp³-hybridized carbons (Fsp3) is 0.348. The number of hydrogen-bond donors (Lipinski definition) is 1. The van der Waals surface area contributed by atoms with Crippen LogP contribution >= 0.6 is 11.8 Å². The average Bonchev–Trinajstić information content (AvgIpc) is 3.14. The zero-order valence-corrected chi connectivity index (χ0v) is 19.6. The second kappa shape index (κ2) is 10.4. The summed E-state index contributed by atoms with van der Waals surface area (Å²) in [5.74, 6) is 1.48. The van der Waals surface area contributed by atoms with Gasteiger partial charge in [0.15, 0.2) is 5.17 Å². The van der Waals surface area contributed by atoms with Crippen molar-refractivity contribution in [2.75, 3.05) is 20.3 Å². The van der Waals surface area contributed by atoms with Crippen LogP contribution in [0, 0.1) is 13.8 Å². The Balaban J connectivity index is 1.75. The summed E-state index contributed by atoms with van der Waals surface area (Å²) in [4.78, 5) is 23.7. The summed E-state index contributed by atoms with van der Waals surface area (Å²) in [7, 11) is 1.57. The quantitative estimate of drug-likeness (QED) is 0.637. The number of amidine groups is 1. The molecule has 2 aromatic carbocycles. The van der Waals surface area contributed by atoms with Gasteiger partial charge in [-0.3, -0.25) is 9.59 Å². The third-order valence-corrected chi connectivity index (χ3v) is 5.62. The van der Waals surface area contributed by atoms with Crippen LogP contribution in [0.4, 0.5) is 0 Å². The molecule has 0 saturated carbocycles. The number of hydrogen-bond acceptors (Lipinski definition) is 7. The Hall–Kier alpha value is -3.20. The number of carbonyl (C=O) groups is 2. The molecule has 1 aliphatic heterocycles. The molecule has 0 radical (unpaired) electrons. The van der Waals surface area contributed by atoms with Crippen LogP contribution in [0.2, 0.25) is 0 Å². The lowest BCUT2D eigenvalue weighted by molar-refractivity contribution is -0.129. The Bertz CT molecular complexity index is 1020. The number of nitrogens with zero attached hydrogens (tertiary/aromatic N) is 2. The van der Waals surface area contributed by atoms with Crippen molar-refractivity contribution in [3.63, 3.8) is 0 Å². The molecule has 2 aromatic rings. The molecule has 9 heteroatoms. The largest absolute Gasteiger partial charge is 0.497 e. The molecule has 1 atom stereocenters. The van der Waals surface area contributed by atoms with Gasteiger partial charge in [-0.1, -0.05) is 17.8 Å². The minimum absolute atomic E-state index is 0.255. The third-order valence-electron chi connectivity index (χ3n) is 4.54. The molecule has 1 N–H and O–H groups in total. The van der Waals surface area contributed by atoms with E-state index in [0.29, 0.717) is 35.4 Å². The van der Waals surface area contributed by atoms with E-state index >= 15 is 0 Å². The van der Waals surface area contributed by atoms with Crippen LogP contribution in [0.15, 0.2) is 41.5 Å². The number of amides is 2. The fourth-order valence-electron chi connectivity index (χ4n) is 3.27. The van der Waals surface area contributed by atoms with E-state index in [4.69, 9.17) is 14.2 Å². The van der Waals surface area contributed by atoms with E-state index in [1.165, 1.54) is 30.6 Å². The van der Waals surface area contributed by atoms with Crippen LogP contribution in [-0.2, 0) is 9.59 Å². The molecule has 2 amide bonds. The monoisotopic (exact) mass is 457 g/mol. The van der Waals surface area contributed by atoms with Gasteiger partial charge in [-0.15, -0.1) is 5.10 Å². The number of ether oxygens (including phenoxy) is 3. The smallest absolute Gasteiger partial charge is 0.241 e. The first-order valence-electron chi connectivity index (χ1n) is 10.1. The molecule has 0 unspecified atom stereocenters. The third kappa shape index (κ3) is 5.94. The average molecular weight is 458 g/mol. The predicted molar refractivity (Wildman–Crippen MR) is 124 cm³/mol. The van der Waals surface area contributed by atoms with Gasteiger partial charge in [0.25, 0.3) is 0 Å². The van der Waals surface area contributed by atoms with E-state index in [1.54, 1.807) is 25.3 Å². The Morgan fingerprint density at radius 2 is 1.72 bits per heavy atom. The molecule has 0 spiro atoms. The molecule has 0 fully saturated rings. The fourth-order valence-corrected chi connectivity index (χ4v) is 4.43. The molecule has 8 nitrogen and oxygen atoms in total. The van der Waals surface area contributed by atoms with Crippen LogP contribution in [0.3, 0.4) is 0 Å². The van der Waals surface area contributed by atoms with Crippen molar-refractivity contribution in [2.45, 2.75) is 33.1 Å². The number of hydrazone groups is 1. The van der Waals surface area contributed by atoms with E-state index in [2.05, 4.69) is 16.5 Å². The van der Waals surface area contributed by atoms with Crippen molar-refractivity contribution in [2.24, 2.45) is 5.10 Å². The second-order valence-electron chi connectivity index (χ2n) is 7.34. The van der Waals surface area contributed by atoms with Crippen molar-refractivity contribution >= 4 is 28.7 Å². The molecule has 1 aliphatic rings. The summed E-state index contributed by atoms with van der Waals surface area (Å²) in [6.07, 6.45) is 0.